The van der Waals surface area contributed by atoms with Crippen LogP contribution in [0.4, 0.5) is 0 Å². The smallest absolute Gasteiger partial charge is 0.179 e. The number of fused-ring (bicyclic) bond motifs is 2. The van der Waals surface area contributed by atoms with E-state index < -0.39 is 23.0 Å². The number of phenolic OH excluding ortho intramolecular Hbond substituents is 1. The Bertz CT molecular complexity index is 800. The van der Waals surface area contributed by atoms with Crippen LogP contribution in [0.15, 0.2) is 42.7 Å². The van der Waals surface area contributed by atoms with Crippen LogP contribution in [0, 0.1) is 11.3 Å². The van der Waals surface area contributed by atoms with Crippen molar-refractivity contribution in [1.29, 1.82) is 0 Å². The lowest BCUT2D eigenvalue weighted by molar-refractivity contribution is -0.161. The fourth-order valence-corrected chi connectivity index (χ4v) is 4.92. The van der Waals surface area contributed by atoms with Gasteiger partial charge in [-0.05, 0) is 36.1 Å². The Hall–Kier alpha value is -2.31. The first-order valence-electron chi connectivity index (χ1n) is 8.86. The number of hydrogen-bond acceptors (Lipinski definition) is 6. The Balaban J connectivity index is 2.27. The average Bonchev–Trinajstić information content (AvgIpc) is 2.80. The maximum atomic E-state index is 13.6. The van der Waals surface area contributed by atoms with Crippen LogP contribution in [0.25, 0.3) is 0 Å². The summed E-state index contributed by atoms with van der Waals surface area (Å²) in [4.78, 5) is 13.6. The van der Waals surface area contributed by atoms with Crippen molar-refractivity contribution < 1.29 is 29.2 Å². The molecule has 1 aromatic rings. The highest BCUT2D eigenvalue weighted by atomic mass is 16.5. The Morgan fingerprint density at radius 1 is 1.26 bits per heavy atom. The third kappa shape index (κ3) is 2.36. The number of methoxy groups -OCH3 is 3. The Labute approximate surface area is 159 Å². The summed E-state index contributed by atoms with van der Waals surface area (Å²) in [5.74, 6) is -0.242. The van der Waals surface area contributed by atoms with E-state index in [9.17, 15) is 15.0 Å². The van der Waals surface area contributed by atoms with Crippen LogP contribution in [0.3, 0.4) is 0 Å². The molecular weight excluding hydrogens is 348 g/mol. The predicted molar refractivity (Wildman–Crippen MR) is 99.7 cm³/mol. The number of hydrogen-bond donors (Lipinski definition) is 2. The molecule has 6 heteroatoms. The molecule has 0 radical (unpaired) electrons. The Morgan fingerprint density at radius 2 is 1.96 bits per heavy atom. The third-order valence-electron chi connectivity index (χ3n) is 6.25. The van der Waals surface area contributed by atoms with Gasteiger partial charge in [-0.25, -0.2) is 0 Å². The fourth-order valence-electron chi connectivity index (χ4n) is 4.92. The Morgan fingerprint density at radius 3 is 2.52 bits per heavy atom. The van der Waals surface area contributed by atoms with E-state index in [0.717, 1.165) is 5.56 Å². The number of allylic oxidation sites excluding steroid dienone is 2. The third-order valence-corrected chi connectivity index (χ3v) is 6.25. The normalized spacial score (nSPS) is 34.9. The minimum Gasteiger partial charge on any atom is -0.504 e. The molecule has 6 nitrogen and oxygen atoms in total. The fraction of sp³-hybridized carbons (Fsp3) is 0.476. The van der Waals surface area contributed by atoms with Crippen molar-refractivity contribution in [2.24, 2.45) is 11.3 Å². The van der Waals surface area contributed by atoms with Crippen LogP contribution in [-0.2, 0) is 14.3 Å². The van der Waals surface area contributed by atoms with Crippen molar-refractivity contribution in [1.82, 2.24) is 0 Å². The topological polar surface area (TPSA) is 85.2 Å². The number of rotatable bonds is 6. The highest BCUT2D eigenvalue weighted by Crippen LogP contribution is 2.63. The van der Waals surface area contributed by atoms with Crippen LogP contribution in [0.5, 0.6) is 11.5 Å². The number of ketones is 1. The van der Waals surface area contributed by atoms with Gasteiger partial charge < -0.3 is 24.4 Å². The zero-order valence-electron chi connectivity index (χ0n) is 16.1. The van der Waals surface area contributed by atoms with Crippen molar-refractivity contribution in [3.8, 4) is 11.5 Å². The summed E-state index contributed by atoms with van der Waals surface area (Å²) in [7, 11) is 4.37. The number of ether oxygens (including phenoxy) is 3. The van der Waals surface area contributed by atoms with Crippen LogP contribution in [-0.4, -0.2) is 49.0 Å². The lowest BCUT2D eigenvalue weighted by atomic mass is 9.70. The monoisotopic (exact) mass is 374 g/mol. The second-order valence-electron chi connectivity index (χ2n) is 7.21. The van der Waals surface area contributed by atoms with Crippen molar-refractivity contribution >= 4 is 5.78 Å². The summed E-state index contributed by atoms with van der Waals surface area (Å²) >= 11 is 0. The SMILES string of the molecule is C=CC[C@@]12C=C(OC)[C@H](O)[C@@](OC)(C1=O)[C@H](c1ccc(O)c(OC)c1)[C@H]2C. The van der Waals surface area contributed by atoms with Crippen LogP contribution >= 0.6 is 0 Å². The van der Waals surface area contributed by atoms with Crippen molar-refractivity contribution in [2.45, 2.75) is 31.0 Å². The molecule has 1 aromatic carbocycles. The number of aliphatic hydroxyl groups is 1. The Kier molecular flexibility index (Phi) is 4.82. The first-order valence-corrected chi connectivity index (χ1v) is 8.86. The molecule has 2 aliphatic carbocycles. The molecule has 2 aliphatic rings. The molecule has 0 saturated heterocycles. The first kappa shape index (κ1) is 19.5. The molecule has 2 bridgehead atoms. The number of carbonyl (C=O) groups is 1. The average molecular weight is 374 g/mol. The summed E-state index contributed by atoms with van der Waals surface area (Å²) < 4.78 is 16.4. The van der Waals surface area contributed by atoms with Gasteiger partial charge in [-0.3, -0.25) is 4.79 Å². The molecule has 0 spiro atoms. The minimum atomic E-state index is -1.50. The molecule has 0 aromatic heterocycles. The molecule has 0 aliphatic heterocycles. The molecule has 0 unspecified atom stereocenters. The summed E-state index contributed by atoms with van der Waals surface area (Å²) in [6.07, 6.45) is 2.59. The van der Waals surface area contributed by atoms with Gasteiger partial charge in [0.25, 0.3) is 0 Å². The molecule has 5 atom stereocenters. The molecule has 146 valence electrons. The number of carbonyl (C=O) groups excluding carboxylic acids is 1. The van der Waals surface area contributed by atoms with E-state index >= 15 is 0 Å². The predicted octanol–water partition coefficient (Wildman–Crippen LogP) is 2.56. The standard InChI is InChI=1S/C21H26O6/c1-6-9-20-11-16(26-4)18(23)21(27-5,19(20)24)17(12(20)2)13-7-8-14(22)15(10-13)25-3/h6-8,10-12,17-18,22-23H,1,9H2,2-5H3/t12-,17+,18+,20+,21-/m1/s1. The highest BCUT2D eigenvalue weighted by Gasteiger charge is 2.72. The van der Waals surface area contributed by atoms with E-state index in [0.29, 0.717) is 17.9 Å². The van der Waals surface area contributed by atoms with Crippen LogP contribution < -0.4 is 4.74 Å². The zero-order chi connectivity index (χ0) is 20.0. The maximum Gasteiger partial charge on any atom is 0.179 e. The van der Waals surface area contributed by atoms with Gasteiger partial charge in [0, 0.05) is 13.0 Å². The lowest BCUT2D eigenvalue weighted by Crippen LogP contribution is -2.57. The van der Waals surface area contributed by atoms with E-state index in [1.807, 2.05) is 6.92 Å². The highest BCUT2D eigenvalue weighted by molar-refractivity contribution is 6.01. The van der Waals surface area contributed by atoms with Gasteiger partial charge in [0.1, 0.15) is 11.9 Å². The summed E-state index contributed by atoms with van der Waals surface area (Å²) in [5.41, 5.74) is -1.65. The summed E-state index contributed by atoms with van der Waals surface area (Å²) in [6.45, 7) is 5.78. The molecule has 1 fully saturated rings. The molecular formula is C21H26O6. The van der Waals surface area contributed by atoms with Crippen molar-refractivity contribution in [2.75, 3.05) is 21.3 Å². The van der Waals surface area contributed by atoms with E-state index in [1.54, 1.807) is 24.3 Å². The van der Waals surface area contributed by atoms with Gasteiger partial charge in [0.15, 0.2) is 22.9 Å². The molecule has 1 saturated carbocycles. The number of benzene rings is 1. The number of phenols is 1. The van der Waals surface area contributed by atoms with E-state index in [4.69, 9.17) is 14.2 Å². The second-order valence-corrected chi connectivity index (χ2v) is 7.21. The van der Waals surface area contributed by atoms with Crippen LogP contribution in [0.1, 0.15) is 24.8 Å². The molecule has 0 amide bonds. The second kappa shape index (κ2) is 6.69. The number of aromatic hydroxyl groups is 1. The molecule has 27 heavy (non-hydrogen) atoms. The van der Waals surface area contributed by atoms with Gasteiger partial charge in [-0.15, -0.1) is 6.58 Å². The summed E-state index contributed by atoms with van der Waals surface area (Å²) in [5, 5.41) is 21.0. The molecule has 2 N–H and O–H groups in total. The van der Waals surface area contributed by atoms with Gasteiger partial charge in [-0.1, -0.05) is 19.1 Å². The van der Waals surface area contributed by atoms with Crippen LogP contribution in [0.2, 0.25) is 0 Å². The summed E-state index contributed by atoms with van der Waals surface area (Å²) in [6, 6.07) is 4.94. The van der Waals surface area contributed by atoms with Crippen molar-refractivity contribution in [3.63, 3.8) is 0 Å². The minimum absolute atomic E-state index is 0.00437. The molecule has 3 rings (SSSR count). The largest absolute Gasteiger partial charge is 0.504 e. The van der Waals surface area contributed by atoms with Gasteiger partial charge >= 0.3 is 0 Å². The van der Waals surface area contributed by atoms with E-state index in [1.165, 1.54) is 27.4 Å². The number of Topliss-reactive ketones (excluding diaryl/α,β-unsaturated/α-hetero) is 1. The van der Waals surface area contributed by atoms with E-state index in [-0.39, 0.29) is 17.5 Å². The first-order chi connectivity index (χ1) is 12.8. The number of aliphatic hydroxyl groups excluding tert-OH is 1. The molecule has 0 heterocycles. The van der Waals surface area contributed by atoms with Crippen molar-refractivity contribution in [3.05, 3.63) is 48.3 Å². The van der Waals surface area contributed by atoms with Gasteiger partial charge in [-0.2, -0.15) is 0 Å². The van der Waals surface area contributed by atoms with E-state index in [2.05, 4.69) is 6.58 Å². The van der Waals surface area contributed by atoms with Gasteiger partial charge in [0.2, 0.25) is 0 Å². The lowest BCUT2D eigenvalue weighted by Gasteiger charge is -2.40. The zero-order valence-corrected chi connectivity index (χ0v) is 16.1. The van der Waals surface area contributed by atoms with Gasteiger partial charge in [0.05, 0.1) is 19.6 Å². The quantitative estimate of drug-likeness (QED) is 0.745. The maximum absolute atomic E-state index is 13.6.